The maximum absolute atomic E-state index is 3.71. The molecular formula is C13H22N2. The van der Waals surface area contributed by atoms with Crippen LogP contribution < -0.4 is 5.32 Å². The third-order valence-electron chi connectivity index (χ3n) is 3.25. The van der Waals surface area contributed by atoms with Gasteiger partial charge >= 0.3 is 0 Å². The van der Waals surface area contributed by atoms with Crippen molar-refractivity contribution in [2.24, 2.45) is 0 Å². The summed E-state index contributed by atoms with van der Waals surface area (Å²) in [4.78, 5) is 3.35. The highest BCUT2D eigenvalue weighted by atomic mass is 15.0. The van der Waals surface area contributed by atoms with Gasteiger partial charge in [-0.1, -0.05) is 0 Å². The van der Waals surface area contributed by atoms with Gasteiger partial charge in [-0.25, -0.2) is 0 Å². The minimum atomic E-state index is 0.234. The quantitative estimate of drug-likeness (QED) is 0.726. The van der Waals surface area contributed by atoms with E-state index >= 15 is 0 Å². The summed E-state index contributed by atoms with van der Waals surface area (Å²) >= 11 is 0. The van der Waals surface area contributed by atoms with Gasteiger partial charge < -0.3 is 10.3 Å². The van der Waals surface area contributed by atoms with Crippen LogP contribution in [0.25, 0.3) is 0 Å². The first kappa shape index (κ1) is 10.7. The first-order chi connectivity index (χ1) is 6.88. The molecule has 0 amide bonds. The molecule has 0 unspecified atom stereocenters. The Balaban J connectivity index is 2.21. The highest BCUT2D eigenvalue weighted by molar-refractivity contribution is 5.15. The monoisotopic (exact) mass is 206 g/mol. The molecule has 15 heavy (non-hydrogen) atoms. The van der Waals surface area contributed by atoms with E-state index in [4.69, 9.17) is 0 Å². The largest absolute Gasteiger partial charge is 0.365 e. The Kier molecular flexibility index (Phi) is 2.42. The second-order valence-electron chi connectivity index (χ2n) is 6.12. The predicted octanol–water partition coefficient (Wildman–Crippen LogP) is 3.04. The molecule has 0 aliphatic carbocycles. The minimum Gasteiger partial charge on any atom is -0.365 e. The van der Waals surface area contributed by atoms with Crippen LogP contribution in [0.5, 0.6) is 0 Å². The maximum atomic E-state index is 3.71. The number of aromatic amines is 1. The lowest BCUT2D eigenvalue weighted by Crippen LogP contribution is -2.57. The summed E-state index contributed by atoms with van der Waals surface area (Å²) in [5.41, 5.74) is 1.85. The zero-order valence-electron chi connectivity index (χ0n) is 10.2. The van der Waals surface area contributed by atoms with Gasteiger partial charge in [0.2, 0.25) is 0 Å². The second-order valence-corrected chi connectivity index (χ2v) is 6.12. The lowest BCUT2D eigenvalue weighted by molar-refractivity contribution is 0.160. The number of H-pyrrole nitrogens is 1. The van der Waals surface area contributed by atoms with Crippen LogP contribution >= 0.6 is 0 Å². The Bertz CT molecular complexity index is 306. The van der Waals surface area contributed by atoms with Crippen LogP contribution in [0.4, 0.5) is 0 Å². The number of piperidine rings is 1. The molecule has 0 aromatic carbocycles. The van der Waals surface area contributed by atoms with E-state index in [0.29, 0.717) is 5.92 Å². The van der Waals surface area contributed by atoms with E-state index in [-0.39, 0.29) is 11.1 Å². The highest BCUT2D eigenvalue weighted by Gasteiger charge is 2.38. The molecule has 1 aliphatic rings. The van der Waals surface area contributed by atoms with Crippen LogP contribution in [0.2, 0.25) is 0 Å². The number of hydrogen-bond acceptors (Lipinski definition) is 1. The first-order valence-corrected chi connectivity index (χ1v) is 5.81. The summed E-state index contributed by atoms with van der Waals surface area (Å²) in [5, 5.41) is 3.71. The Morgan fingerprint density at radius 1 is 1.13 bits per heavy atom. The molecule has 1 aromatic rings. The molecule has 2 heterocycles. The molecule has 0 radical (unpaired) electrons. The summed E-state index contributed by atoms with van der Waals surface area (Å²) in [6.45, 7) is 9.18. The van der Waals surface area contributed by atoms with Crippen molar-refractivity contribution in [3.63, 3.8) is 0 Å². The van der Waals surface area contributed by atoms with Gasteiger partial charge in [0.1, 0.15) is 0 Å². The molecule has 1 aromatic heterocycles. The van der Waals surface area contributed by atoms with Crippen LogP contribution in [-0.2, 0) is 0 Å². The second kappa shape index (κ2) is 3.38. The van der Waals surface area contributed by atoms with E-state index in [1.165, 1.54) is 18.5 Å². The van der Waals surface area contributed by atoms with Crippen molar-refractivity contribution in [1.29, 1.82) is 0 Å². The molecule has 1 saturated heterocycles. The van der Waals surface area contributed by atoms with Crippen molar-refractivity contribution in [2.45, 2.75) is 57.5 Å². The number of aromatic nitrogens is 1. The average Bonchev–Trinajstić information content (AvgIpc) is 2.48. The zero-order chi connectivity index (χ0) is 11.1. The molecule has 0 saturated carbocycles. The summed E-state index contributed by atoms with van der Waals surface area (Å²) in [6.07, 6.45) is 4.44. The Labute approximate surface area is 92.5 Å². The molecule has 1 fully saturated rings. The van der Waals surface area contributed by atoms with E-state index in [0.717, 1.165) is 0 Å². The van der Waals surface area contributed by atoms with Gasteiger partial charge in [0.05, 0.1) is 0 Å². The average molecular weight is 206 g/mol. The summed E-state index contributed by atoms with van der Waals surface area (Å²) in [5.74, 6) is 0.659. The van der Waals surface area contributed by atoms with Crippen molar-refractivity contribution < 1.29 is 0 Å². The van der Waals surface area contributed by atoms with Gasteiger partial charge in [-0.3, -0.25) is 0 Å². The van der Waals surface area contributed by atoms with Crippen LogP contribution in [0.1, 0.15) is 52.1 Å². The zero-order valence-corrected chi connectivity index (χ0v) is 10.2. The van der Waals surface area contributed by atoms with E-state index in [2.05, 4.69) is 50.1 Å². The smallest absolute Gasteiger partial charge is 0.0180 e. The van der Waals surface area contributed by atoms with E-state index < -0.39 is 0 Å². The Morgan fingerprint density at radius 3 is 2.20 bits per heavy atom. The summed E-state index contributed by atoms with van der Waals surface area (Å²) in [6, 6.07) is 4.31. The fourth-order valence-corrected chi connectivity index (χ4v) is 3.14. The highest BCUT2D eigenvalue weighted by Crippen LogP contribution is 2.38. The maximum Gasteiger partial charge on any atom is 0.0180 e. The van der Waals surface area contributed by atoms with Gasteiger partial charge in [-0.15, -0.1) is 0 Å². The van der Waals surface area contributed by atoms with Crippen molar-refractivity contribution in [2.75, 3.05) is 0 Å². The van der Waals surface area contributed by atoms with Gasteiger partial charge in [0, 0.05) is 28.9 Å². The summed E-state index contributed by atoms with van der Waals surface area (Å²) < 4.78 is 0. The fourth-order valence-electron chi connectivity index (χ4n) is 3.14. The Morgan fingerprint density at radius 2 is 1.73 bits per heavy atom. The van der Waals surface area contributed by atoms with E-state index in [1.54, 1.807) is 0 Å². The third-order valence-corrected chi connectivity index (χ3v) is 3.25. The van der Waals surface area contributed by atoms with E-state index in [9.17, 15) is 0 Å². The Hall–Kier alpha value is -0.760. The fraction of sp³-hybridized carbons (Fsp3) is 0.692. The van der Waals surface area contributed by atoms with Gasteiger partial charge in [-0.05, 0) is 52.7 Å². The molecular weight excluding hydrogens is 184 g/mol. The number of hydrogen-bond donors (Lipinski definition) is 2. The number of rotatable bonds is 1. The van der Waals surface area contributed by atoms with Gasteiger partial charge in [0.15, 0.2) is 0 Å². The molecule has 84 valence electrons. The topological polar surface area (TPSA) is 27.8 Å². The lowest BCUT2D eigenvalue weighted by Gasteiger charge is -2.46. The van der Waals surface area contributed by atoms with Crippen molar-refractivity contribution >= 4 is 0 Å². The molecule has 0 bridgehead atoms. The van der Waals surface area contributed by atoms with Crippen molar-refractivity contribution in [1.82, 2.24) is 10.3 Å². The lowest BCUT2D eigenvalue weighted by atomic mass is 9.75. The first-order valence-electron chi connectivity index (χ1n) is 5.81. The standard InChI is InChI=1S/C13H22N2/c1-12(2)8-10(9-13(3,4)15-12)11-6-5-7-14-11/h5-7,10,14-15H,8-9H2,1-4H3. The molecule has 2 N–H and O–H groups in total. The molecule has 0 spiro atoms. The van der Waals surface area contributed by atoms with Gasteiger partial charge in [-0.2, -0.15) is 0 Å². The summed E-state index contributed by atoms with van der Waals surface area (Å²) in [7, 11) is 0. The third kappa shape index (κ3) is 2.43. The SMILES string of the molecule is CC1(C)CC(c2ccc[nH]2)CC(C)(C)N1. The predicted molar refractivity (Wildman–Crippen MR) is 64.1 cm³/mol. The van der Waals surface area contributed by atoms with Gasteiger partial charge in [0.25, 0.3) is 0 Å². The van der Waals surface area contributed by atoms with Crippen molar-refractivity contribution in [3.05, 3.63) is 24.0 Å². The molecule has 1 aliphatic heterocycles. The minimum absolute atomic E-state index is 0.234. The van der Waals surface area contributed by atoms with E-state index in [1.807, 2.05) is 6.20 Å². The van der Waals surface area contributed by atoms with Crippen LogP contribution in [0, 0.1) is 0 Å². The van der Waals surface area contributed by atoms with Crippen LogP contribution in [-0.4, -0.2) is 16.1 Å². The van der Waals surface area contributed by atoms with Crippen LogP contribution in [0.15, 0.2) is 18.3 Å². The molecule has 2 heteroatoms. The molecule has 0 atom stereocenters. The number of nitrogens with one attached hydrogen (secondary N) is 2. The normalized spacial score (nSPS) is 25.3. The van der Waals surface area contributed by atoms with Crippen molar-refractivity contribution in [3.8, 4) is 0 Å². The molecule has 2 nitrogen and oxygen atoms in total. The molecule has 2 rings (SSSR count). The van der Waals surface area contributed by atoms with Crippen LogP contribution in [0.3, 0.4) is 0 Å².